The van der Waals surface area contributed by atoms with Crippen LogP contribution in [0.25, 0.3) is 0 Å². The summed E-state index contributed by atoms with van der Waals surface area (Å²) in [4.78, 5) is 0.379. The molecule has 4 nitrogen and oxygen atoms in total. The van der Waals surface area contributed by atoms with Crippen molar-refractivity contribution in [3.05, 3.63) is 29.3 Å². The Kier molecular flexibility index (Phi) is 5.41. The summed E-state index contributed by atoms with van der Waals surface area (Å²) in [5.41, 5.74) is 7.57. The van der Waals surface area contributed by atoms with Crippen LogP contribution in [0.4, 0.5) is 0 Å². The standard InChI is InChI=1S/C16H26N2O2S/c1-13-11-16(10-9-14(13)12-17)21(19,20)18(2)15-7-5-3-4-6-8-15/h9-11,15H,3-8,12,17H2,1-2H3. The van der Waals surface area contributed by atoms with Gasteiger partial charge in [-0.3, -0.25) is 0 Å². The molecule has 1 saturated carbocycles. The zero-order chi connectivity index (χ0) is 15.5. The third kappa shape index (κ3) is 3.65. The van der Waals surface area contributed by atoms with E-state index >= 15 is 0 Å². The number of rotatable bonds is 4. The van der Waals surface area contributed by atoms with Crippen molar-refractivity contribution in [2.45, 2.75) is 62.9 Å². The van der Waals surface area contributed by atoms with Crippen LogP contribution in [0.5, 0.6) is 0 Å². The van der Waals surface area contributed by atoms with Gasteiger partial charge >= 0.3 is 0 Å². The van der Waals surface area contributed by atoms with Crippen LogP contribution in [0.1, 0.15) is 49.7 Å². The molecule has 21 heavy (non-hydrogen) atoms. The summed E-state index contributed by atoms with van der Waals surface area (Å²) in [6.45, 7) is 2.34. The van der Waals surface area contributed by atoms with E-state index in [0.717, 1.165) is 36.8 Å². The highest BCUT2D eigenvalue weighted by Gasteiger charge is 2.28. The van der Waals surface area contributed by atoms with Crippen molar-refractivity contribution in [3.8, 4) is 0 Å². The Morgan fingerprint density at radius 2 is 1.81 bits per heavy atom. The second kappa shape index (κ2) is 6.90. The Labute approximate surface area is 128 Å². The Morgan fingerprint density at radius 3 is 2.33 bits per heavy atom. The summed E-state index contributed by atoms with van der Waals surface area (Å²) in [5, 5.41) is 0. The van der Waals surface area contributed by atoms with E-state index in [-0.39, 0.29) is 6.04 Å². The van der Waals surface area contributed by atoms with Crippen molar-refractivity contribution in [2.75, 3.05) is 7.05 Å². The van der Waals surface area contributed by atoms with Gasteiger partial charge in [0.05, 0.1) is 4.90 Å². The minimum absolute atomic E-state index is 0.131. The van der Waals surface area contributed by atoms with Gasteiger partial charge in [0.2, 0.25) is 10.0 Å². The molecule has 0 radical (unpaired) electrons. The quantitative estimate of drug-likeness (QED) is 0.870. The smallest absolute Gasteiger partial charge is 0.243 e. The largest absolute Gasteiger partial charge is 0.326 e. The van der Waals surface area contributed by atoms with Crippen LogP contribution in [0.3, 0.4) is 0 Å². The first-order chi connectivity index (χ1) is 9.96. The summed E-state index contributed by atoms with van der Waals surface area (Å²) in [7, 11) is -1.69. The second-order valence-corrected chi connectivity index (χ2v) is 7.96. The van der Waals surface area contributed by atoms with Crippen LogP contribution in [0, 0.1) is 6.92 Å². The zero-order valence-electron chi connectivity index (χ0n) is 13.0. The van der Waals surface area contributed by atoms with Gasteiger partial charge in [0.1, 0.15) is 0 Å². The summed E-state index contributed by atoms with van der Waals surface area (Å²) in [6, 6.07) is 5.37. The summed E-state index contributed by atoms with van der Waals surface area (Å²) >= 11 is 0. The Morgan fingerprint density at radius 1 is 1.19 bits per heavy atom. The molecule has 0 heterocycles. The minimum atomic E-state index is -3.41. The van der Waals surface area contributed by atoms with Crippen molar-refractivity contribution in [3.63, 3.8) is 0 Å². The van der Waals surface area contributed by atoms with Crippen LogP contribution in [0.2, 0.25) is 0 Å². The summed E-state index contributed by atoms with van der Waals surface area (Å²) in [5.74, 6) is 0. The van der Waals surface area contributed by atoms with E-state index in [1.54, 1.807) is 23.5 Å². The number of sulfonamides is 1. The molecule has 0 bridgehead atoms. The van der Waals surface area contributed by atoms with E-state index in [1.807, 2.05) is 13.0 Å². The van der Waals surface area contributed by atoms with E-state index in [2.05, 4.69) is 0 Å². The van der Waals surface area contributed by atoms with Crippen LogP contribution in [0.15, 0.2) is 23.1 Å². The van der Waals surface area contributed by atoms with E-state index < -0.39 is 10.0 Å². The van der Waals surface area contributed by atoms with Crippen molar-refractivity contribution < 1.29 is 8.42 Å². The van der Waals surface area contributed by atoms with Gasteiger partial charge in [-0.1, -0.05) is 31.7 Å². The molecule has 0 atom stereocenters. The molecule has 118 valence electrons. The molecular weight excluding hydrogens is 284 g/mol. The molecule has 1 aliphatic carbocycles. The second-order valence-electron chi connectivity index (χ2n) is 5.96. The highest BCUT2D eigenvalue weighted by atomic mass is 32.2. The normalized spacial score (nSPS) is 17.9. The lowest BCUT2D eigenvalue weighted by atomic mass is 10.1. The zero-order valence-corrected chi connectivity index (χ0v) is 13.8. The third-order valence-corrected chi connectivity index (χ3v) is 6.46. The van der Waals surface area contributed by atoms with Gasteiger partial charge in [-0.25, -0.2) is 8.42 Å². The molecule has 2 N–H and O–H groups in total. The van der Waals surface area contributed by atoms with Crippen LogP contribution >= 0.6 is 0 Å². The van der Waals surface area contributed by atoms with Crippen LogP contribution in [-0.4, -0.2) is 25.8 Å². The first-order valence-electron chi connectivity index (χ1n) is 7.74. The Balaban J connectivity index is 2.25. The number of nitrogens with zero attached hydrogens (tertiary/aromatic N) is 1. The number of hydrogen-bond donors (Lipinski definition) is 1. The van der Waals surface area contributed by atoms with Gasteiger partial charge in [-0.05, 0) is 43.0 Å². The predicted octanol–water partition coefficient (Wildman–Crippen LogP) is 2.80. The van der Waals surface area contributed by atoms with Crippen molar-refractivity contribution in [1.82, 2.24) is 4.31 Å². The van der Waals surface area contributed by atoms with Crippen molar-refractivity contribution in [2.24, 2.45) is 5.73 Å². The maximum absolute atomic E-state index is 12.8. The maximum Gasteiger partial charge on any atom is 0.243 e. The molecule has 1 fully saturated rings. The number of aryl methyl sites for hydroxylation is 1. The molecule has 0 saturated heterocycles. The van der Waals surface area contributed by atoms with E-state index in [9.17, 15) is 8.42 Å². The highest BCUT2D eigenvalue weighted by molar-refractivity contribution is 7.89. The topological polar surface area (TPSA) is 63.4 Å². The predicted molar refractivity (Wildman–Crippen MR) is 85.5 cm³/mol. The monoisotopic (exact) mass is 310 g/mol. The fraction of sp³-hybridized carbons (Fsp3) is 0.625. The molecule has 0 amide bonds. The lowest BCUT2D eigenvalue weighted by molar-refractivity contribution is 0.335. The number of benzene rings is 1. The molecule has 0 spiro atoms. The van der Waals surface area contributed by atoms with Crippen molar-refractivity contribution in [1.29, 1.82) is 0 Å². The average molecular weight is 310 g/mol. The van der Waals surface area contributed by atoms with Crippen molar-refractivity contribution >= 4 is 10.0 Å². The number of hydrogen-bond acceptors (Lipinski definition) is 3. The molecule has 1 aromatic rings. The molecule has 0 aliphatic heterocycles. The Bertz CT molecular complexity index is 576. The highest BCUT2D eigenvalue weighted by Crippen LogP contribution is 2.26. The summed E-state index contributed by atoms with van der Waals surface area (Å²) < 4.78 is 27.2. The lowest BCUT2D eigenvalue weighted by Crippen LogP contribution is -2.36. The lowest BCUT2D eigenvalue weighted by Gasteiger charge is -2.26. The van der Waals surface area contributed by atoms with Gasteiger partial charge < -0.3 is 5.73 Å². The fourth-order valence-corrected chi connectivity index (χ4v) is 4.54. The van der Waals surface area contributed by atoms with Gasteiger partial charge in [-0.15, -0.1) is 0 Å². The molecule has 1 aliphatic rings. The maximum atomic E-state index is 12.8. The van der Waals surface area contributed by atoms with E-state index in [1.165, 1.54) is 12.8 Å². The molecule has 0 unspecified atom stereocenters. The van der Waals surface area contributed by atoms with Gasteiger partial charge in [0.15, 0.2) is 0 Å². The van der Waals surface area contributed by atoms with Gasteiger partial charge in [0, 0.05) is 19.6 Å². The van der Waals surface area contributed by atoms with E-state index in [0.29, 0.717) is 11.4 Å². The van der Waals surface area contributed by atoms with Crippen LogP contribution < -0.4 is 5.73 Å². The molecule has 5 heteroatoms. The first-order valence-corrected chi connectivity index (χ1v) is 9.18. The third-order valence-electron chi connectivity index (χ3n) is 4.55. The molecule has 0 aromatic heterocycles. The number of nitrogens with two attached hydrogens (primary N) is 1. The molecular formula is C16H26N2O2S. The van der Waals surface area contributed by atoms with Gasteiger partial charge in [0.25, 0.3) is 0 Å². The minimum Gasteiger partial charge on any atom is -0.326 e. The molecule has 1 aromatic carbocycles. The SMILES string of the molecule is Cc1cc(S(=O)(=O)N(C)C2CCCCCC2)ccc1CN. The fourth-order valence-electron chi connectivity index (χ4n) is 3.04. The van der Waals surface area contributed by atoms with Gasteiger partial charge in [-0.2, -0.15) is 4.31 Å². The molecule has 2 rings (SSSR count). The van der Waals surface area contributed by atoms with Crippen LogP contribution in [-0.2, 0) is 16.6 Å². The summed E-state index contributed by atoms with van der Waals surface area (Å²) in [6.07, 6.45) is 6.61. The first kappa shape index (κ1) is 16.5. The van der Waals surface area contributed by atoms with E-state index in [4.69, 9.17) is 5.73 Å². The Hall–Kier alpha value is -0.910. The average Bonchev–Trinajstić information content (AvgIpc) is 2.75.